The number of furan rings is 1. The molecule has 1 fully saturated rings. The monoisotopic (exact) mass is 423 g/mol. The van der Waals surface area contributed by atoms with Gasteiger partial charge in [0.05, 0.1) is 12.8 Å². The predicted octanol–water partition coefficient (Wildman–Crippen LogP) is 4.08. The van der Waals surface area contributed by atoms with Gasteiger partial charge in [0.15, 0.2) is 5.76 Å². The highest BCUT2D eigenvalue weighted by molar-refractivity contribution is 6.07. The van der Waals surface area contributed by atoms with E-state index in [9.17, 15) is 9.59 Å². The number of ether oxygens (including phenoxy) is 1. The van der Waals surface area contributed by atoms with Gasteiger partial charge in [0.1, 0.15) is 11.5 Å². The number of hydrazone groups is 1. The number of nitrogens with one attached hydrogen (secondary N) is 1. The van der Waals surface area contributed by atoms with Crippen LogP contribution in [0.15, 0.2) is 33.8 Å². The summed E-state index contributed by atoms with van der Waals surface area (Å²) in [5.74, 6) is 1.58. The minimum atomic E-state index is -0.288. The van der Waals surface area contributed by atoms with Crippen molar-refractivity contribution in [1.82, 2.24) is 10.3 Å². The van der Waals surface area contributed by atoms with Gasteiger partial charge in [-0.05, 0) is 56.9 Å². The van der Waals surface area contributed by atoms with Crippen LogP contribution in [0, 0.1) is 6.92 Å². The highest BCUT2D eigenvalue weighted by atomic mass is 16.5. The van der Waals surface area contributed by atoms with E-state index in [1.807, 2.05) is 11.8 Å². The number of benzene rings is 1. The van der Waals surface area contributed by atoms with Crippen LogP contribution in [0.2, 0.25) is 0 Å². The van der Waals surface area contributed by atoms with Crippen molar-refractivity contribution in [2.75, 3.05) is 20.2 Å². The summed E-state index contributed by atoms with van der Waals surface area (Å²) in [5, 5.41) is 4.41. The summed E-state index contributed by atoms with van der Waals surface area (Å²) in [6.45, 7) is 3.48. The van der Waals surface area contributed by atoms with Crippen LogP contribution in [0.5, 0.6) is 5.75 Å². The van der Waals surface area contributed by atoms with Gasteiger partial charge in [-0.2, -0.15) is 5.10 Å². The summed E-state index contributed by atoms with van der Waals surface area (Å²) in [4.78, 5) is 27.5. The molecule has 0 radical (unpaired) electrons. The number of amides is 2. The molecule has 7 heteroatoms. The summed E-state index contributed by atoms with van der Waals surface area (Å²) in [7, 11) is 1.58. The molecule has 2 amide bonds. The number of likely N-dealkylation sites (tertiary alicyclic amines) is 1. The van der Waals surface area contributed by atoms with Gasteiger partial charge in [0.2, 0.25) is 0 Å². The highest BCUT2D eigenvalue weighted by Gasteiger charge is 2.30. The maximum absolute atomic E-state index is 13.1. The van der Waals surface area contributed by atoms with Crippen molar-refractivity contribution in [1.29, 1.82) is 0 Å². The largest absolute Gasteiger partial charge is 0.497 e. The van der Waals surface area contributed by atoms with Crippen LogP contribution in [0.4, 0.5) is 0 Å². The summed E-state index contributed by atoms with van der Waals surface area (Å²) in [5.41, 5.74) is 5.62. The lowest BCUT2D eigenvalue weighted by molar-refractivity contribution is 0.0726. The summed E-state index contributed by atoms with van der Waals surface area (Å²) in [6, 6.07) is 6.87. The Morgan fingerprint density at radius 3 is 2.42 bits per heavy atom. The number of rotatable bonds is 4. The molecule has 0 saturated carbocycles. The van der Waals surface area contributed by atoms with Crippen molar-refractivity contribution in [3.05, 3.63) is 52.5 Å². The number of methoxy groups -OCH3 is 1. The van der Waals surface area contributed by atoms with Crippen molar-refractivity contribution in [3.8, 4) is 5.75 Å². The molecule has 1 N–H and O–H groups in total. The Kier molecular flexibility index (Phi) is 6.39. The van der Waals surface area contributed by atoms with Crippen molar-refractivity contribution >= 4 is 17.5 Å². The standard InChI is InChI=1S/C24H29N3O4/c1-16-21-19(25-26-23(28)17-10-12-18(30-2)13-11-17)8-7-9-20(21)31-22(16)24(29)27-14-5-3-4-6-15-27/h10-13H,3-9,14-15H2,1-2H3,(H,26,28)/b25-19+. The van der Waals surface area contributed by atoms with E-state index >= 15 is 0 Å². The van der Waals surface area contributed by atoms with Crippen molar-refractivity contribution in [3.63, 3.8) is 0 Å². The van der Waals surface area contributed by atoms with Gasteiger partial charge < -0.3 is 14.1 Å². The smallest absolute Gasteiger partial charge is 0.289 e. The van der Waals surface area contributed by atoms with Crippen LogP contribution in [-0.4, -0.2) is 42.6 Å². The normalized spacial score (nSPS) is 17.7. The lowest BCUT2D eigenvalue weighted by atomic mass is 9.93. The van der Waals surface area contributed by atoms with Crippen molar-refractivity contribution in [2.24, 2.45) is 5.10 Å². The molecule has 1 aromatic heterocycles. The van der Waals surface area contributed by atoms with Gasteiger partial charge in [-0.15, -0.1) is 0 Å². The molecule has 7 nitrogen and oxygen atoms in total. The van der Waals surface area contributed by atoms with Gasteiger partial charge in [0, 0.05) is 36.2 Å². The molecule has 1 aliphatic carbocycles. The molecule has 31 heavy (non-hydrogen) atoms. The molecule has 0 unspecified atom stereocenters. The molecule has 4 rings (SSSR count). The molecule has 0 atom stereocenters. The number of nitrogens with zero attached hydrogens (tertiary/aromatic N) is 2. The number of fused-ring (bicyclic) bond motifs is 1. The Labute approximate surface area is 182 Å². The van der Waals surface area contributed by atoms with Crippen molar-refractivity contribution in [2.45, 2.75) is 51.9 Å². The molecule has 0 spiro atoms. The quantitative estimate of drug-likeness (QED) is 0.751. The third-order valence-electron chi connectivity index (χ3n) is 6.06. The van der Waals surface area contributed by atoms with E-state index in [-0.39, 0.29) is 11.8 Å². The zero-order valence-electron chi connectivity index (χ0n) is 18.2. The van der Waals surface area contributed by atoms with E-state index in [4.69, 9.17) is 9.15 Å². The average molecular weight is 424 g/mol. The van der Waals surface area contributed by atoms with E-state index in [1.165, 1.54) is 12.8 Å². The maximum Gasteiger partial charge on any atom is 0.289 e. The predicted molar refractivity (Wildman–Crippen MR) is 118 cm³/mol. The fraction of sp³-hybridized carbons (Fsp3) is 0.458. The van der Waals surface area contributed by atoms with E-state index < -0.39 is 0 Å². The number of hydrogen-bond donors (Lipinski definition) is 1. The van der Waals surface area contributed by atoms with Gasteiger partial charge in [0.25, 0.3) is 11.8 Å². The Bertz CT molecular complexity index is 983. The van der Waals surface area contributed by atoms with Gasteiger partial charge in [-0.3, -0.25) is 9.59 Å². The van der Waals surface area contributed by atoms with Gasteiger partial charge in [-0.25, -0.2) is 5.43 Å². The first kappa shape index (κ1) is 21.2. The second-order valence-electron chi connectivity index (χ2n) is 8.14. The summed E-state index contributed by atoms with van der Waals surface area (Å²) < 4.78 is 11.2. The Morgan fingerprint density at radius 1 is 1.03 bits per heavy atom. The zero-order valence-corrected chi connectivity index (χ0v) is 18.2. The number of hydrogen-bond acceptors (Lipinski definition) is 5. The Morgan fingerprint density at radius 2 is 1.74 bits per heavy atom. The van der Waals surface area contributed by atoms with E-state index in [0.717, 1.165) is 67.8 Å². The van der Waals surface area contributed by atoms with Crippen LogP contribution in [0.1, 0.15) is 76.3 Å². The van der Waals surface area contributed by atoms with E-state index in [0.29, 0.717) is 17.1 Å². The van der Waals surface area contributed by atoms with E-state index in [1.54, 1.807) is 31.4 Å². The highest BCUT2D eigenvalue weighted by Crippen LogP contribution is 2.31. The average Bonchev–Trinajstić information content (AvgIpc) is 2.96. The fourth-order valence-corrected chi connectivity index (χ4v) is 4.33. The van der Waals surface area contributed by atoms with Crippen LogP contribution >= 0.6 is 0 Å². The zero-order chi connectivity index (χ0) is 21.8. The molecule has 1 aliphatic heterocycles. The third-order valence-corrected chi connectivity index (χ3v) is 6.06. The molecule has 2 aromatic rings. The molecule has 164 valence electrons. The topological polar surface area (TPSA) is 84.1 Å². The SMILES string of the molecule is COc1ccc(C(=O)N/N=C2\CCCc3oc(C(=O)N4CCCCCC4)c(C)c32)cc1. The second kappa shape index (κ2) is 9.37. The summed E-state index contributed by atoms with van der Waals surface area (Å²) >= 11 is 0. The fourth-order valence-electron chi connectivity index (χ4n) is 4.33. The number of carbonyl (C=O) groups excluding carboxylic acids is 2. The molecular formula is C24H29N3O4. The first-order valence-electron chi connectivity index (χ1n) is 11.0. The first-order chi connectivity index (χ1) is 15.1. The van der Waals surface area contributed by atoms with Crippen LogP contribution in [0.3, 0.4) is 0 Å². The molecule has 2 aliphatic rings. The Hall–Kier alpha value is -3.09. The minimum absolute atomic E-state index is 0.0320. The molecule has 1 saturated heterocycles. The van der Waals surface area contributed by atoms with Crippen molar-refractivity contribution < 1.29 is 18.7 Å². The lowest BCUT2D eigenvalue weighted by Crippen LogP contribution is -2.32. The first-order valence-corrected chi connectivity index (χ1v) is 11.0. The van der Waals surface area contributed by atoms with Crippen LogP contribution in [-0.2, 0) is 6.42 Å². The van der Waals surface area contributed by atoms with Crippen LogP contribution < -0.4 is 10.2 Å². The molecule has 2 heterocycles. The van der Waals surface area contributed by atoms with Crippen LogP contribution in [0.25, 0.3) is 0 Å². The summed E-state index contributed by atoms with van der Waals surface area (Å²) in [6.07, 6.45) is 6.78. The Balaban J connectivity index is 1.54. The molecule has 0 bridgehead atoms. The molecular weight excluding hydrogens is 394 g/mol. The maximum atomic E-state index is 13.1. The third kappa shape index (κ3) is 4.50. The van der Waals surface area contributed by atoms with Gasteiger partial charge >= 0.3 is 0 Å². The minimum Gasteiger partial charge on any atom is -0.497 e. The number of carbonyl (C=O) groups is 2. The number of aryl methyl sites for hydroxylation is 1. The second-order valence-corrected chi connectivity index (χ2v) is 8.14. The van der Waals surface area contributed by atoms with E-state index in [2.05, 4.69) is 10.5 Å². The van der Waals surface area contributed by atoms with Gasteiger partial charge in [-0.1, -0.05) is 12.8 Å². The lowest BCUT2D eigenvalue weighted by Gasteiger charge is -2.19. The molecule has 1 aromatic carbocycles.